The Morgan fingerprint density at radius 3 is 2.74 bits per heavy atom. The Hall–Kier alpha value is -2.59. The van der Waals surface area contributed by atoms with Crippen LogP contribution in [0.2, 0.25) is 0 Å². The highest BCUT2D eigenvalue weighted by molar-refractivity contribution is 7.98. The van der Waals surface area contributed by atoms with Crippen LogP contribution in [-0.4, -0.2) is 17.0 Å². The summed E-state index contributed by atoms with van der Waals surface area (Å²) in [6, 6.07) is 16.7. The number of rotatable bonds is 2. The third kappa shape index (κ3) is 2.67. The number of ketones is 1. The van der Waals surface area contributed by atoms with Gasteiger partial charge < -0.3 is 5.32 Å². The van der Waals surface area contributed by atoms with Crippen molar-refractivity contribution < 1.29 is 4.79 Å². The fraction of sp³-hybridized carbons (Fsp3) is 0.217. The molecule has 5 rings (SSSR count). The first-order chi connectivity index (χ1) is 13.3. The van der Waals surface area contributed by atoms with E-state index in [1.807, 2.05) is 12.3 Å². The molecule has 2 aliphatic rings. The molecule has 2 heterocycles. The molecule has 27 heavy (non-hydrogen) atoms. The number of carbonyl (C=O) groups is 1. The quantitative estimate of drug-likeness (QED) is 0.592. The molecule has 1 aliphatic carbocycles. The van der Waals surface area contributed by atoms with E-state index in [0.717, 1.165) is 40.6 Å². The minimum Gasteiger partial charge on any atom is -0.373 e. The van der Waals surface area contributed by atoms with E-state index in [2.05, 4.69) is 59.0 Å². The number of benzene rings is 2. The Morgan fingerprint density at radius 1 is 1.07 bits per heavy atom. The zero-order chi connectivity index (χ0) is 18.4. The van der Waals surface area contributed by atoms with Gasteiger partial charge in [-0.15, -0.1) is 11.8 Å². The first kappa shape index (κ1) is 16.6. The number of thioether (sulfide) groups is 1. The molecule has 0 fully saturated rings. The fourth-order valence-electron chi connectivity index (χ4n) is 4.33. The lowest BCUT2D eigenvalue weighted by Gasteiger charge is -2.35. The van der Waals surface area contributed by atoms with Gasteiger partial charge in [0.2, 0.25) is 0 Å². The number of pyridine rings is 1. The largest absolute Gasteiger partial charge is 0.373 e. The van der Waals surface area contributed by atoms with E-state index in [1.54, 1.807) is 11.8 Å². The monoisotopic (exact) mass is 372 g/mol. The molecule has 0 amide bonds. The number of aromatic nitrogens is 1. The van der Waals surface area contributed by atoms with E-state index in [9.17, 15) is 4.79 Å². The molecule has 0 spiro atoms. The van der Waals surface area contributed by atoms with Crippen LogP contribution in [0.5, 0.6) is 0 Å². The standard InChI is InChI=1S/C23H20N2OS/c1-27-15-9-7-14(8-10-15)23-22-17(4-2-6-20(22)26)21-16-5-3-13-24-18(16)11-12-19(21)25-23/h3,5,7-13,23,25H,2,4,6H2,1H3/t23-/m0/s1. The van der Waals surface area contributed by atoms with E-state index >= 15 is 0 Å². The van der Waals surface area contributed by atoms with Crippen LogP contribution in [0.25, 0.3) is 16.5 Å². The minimum absolute atomic E-state index is 0.0784. The van der Waals surface area contributed by atoms with Crippen LogP contribution in [0, 0.1) is 0 Å². The van der Waals surface area contributed by atoms with Crippen molar-refractivity contribution in [1.82, 2.24) is 4.98 Å². The van der Waals surface area contributed by atoms with Gasteiger partial charge in [0.15, 0.2) is 5.78 Å². The maximum Gasteiger partial charge on any atom is 0.161 e. The molecule has 1 atom stereocenters. The van der Waals surface area contributed by atoms with Crippen molar-refractivity contribution in [3.05, 3.63) is 71.4 Å². The van der Waals surface area contributed by atoms with Gasteiger partial charge in [-0.3, -0.25) is 9.78 Å². The van der Waals surface area contributed by atoms with Gasteiger partial charge >= 0.3 is 0 Å². The summed E-state index contributed by atoms with van der Waals surface area (Å²) in [5.74, 6) is 0.272. The highest BCUT2D eigenvalue weighted by Crippen LogP contribution is 2.47. The third-order valence-corrected chi connectivity index (χ3v) is 6.32. The number of fused-ring (bicyclic) bond motifs is 4. The maximum absolute atomic E-state index is 13.0. The predicted molar refractivity (Wildman–Crippen MR) is 112 cm³/mol. The number of hydrogen-bond acceptors (Lipinski definition) is 4. The lowest BCUT2D eigenvalue weighted by Crippen LogP contribution is -2.27. The van der Waals surface area contributed by atoms with Gasteiger partial charge in [0.05, 0.1) is 11.6 Å². The maximum atomic E-state index is 13.0. The van der Waals surface area contributed by atoms with E-state index in [0.29, 0.717) is 6.42 Å². The number of nitrogens with one attached hydrogen (secondary N) is 1. The van der Waals surface area contributed by atoms with Crippen LogP contribution in [0.15, 0.2) is 65.2 Å². The molecule has 3 nitrogen and oxygen atoms in total. The number of allylic oxidation sites excluding steroid dienone is 1. The molecule has 1 aliphatic heterocycles. The first-order valence-electron chi connectivity index (χ1n) is 9.31. The van der Waals surface area contributed by atoms with E-state index in [-0.39, 0.29) is 11.8 Å². The van der Waals surface area contributed by atoms with Crippen molar-refractivity contribution >= 4 is 39.7 Å². The first-order valence-corrected chi connectivity index (χ1v) is 10.5. The second kappa shape index (κ2) is 6.54. The summed E-state index contributed by atoms with van der Waals surface area (Å²) in [4.78, 5) is 18.7. The van der Waals surface area contributed by atoms with Gasteiger partial charge in [-0.1, -0.05) is 18.2 Å². The Kier molecular flexibility index (Phi) is 4.01. The van der Waals surface area contributed by atoms with E-state index in [1.165, 1.54) is 16.0 Å². The molecule has 0 saturated heterocycles. The van der Waals surface area contributed by atoms with Crippen LogP contribution in [0.1, 0.15) is 36.4 Å². The van der Waals surface area contributed by atoms with Crippen LogP contribution in [0.3, 0.4) is 0 Å². The summed E-state index contributed by atoms with van der Waals surface area (Å²) < 4.78 is 0. The molecule has 1 N–H and O–H groups in total. The Labute approximate surface area is 162 Å². The topological polar surface area (TPSA) is 42.0 Å². The number of nitrogens with zero attached hydrogens (tertiary/aromatic N) is 1. The molecule has 3 aromatic rings. The fourth-order valence-corrected chi connectivity index (χ4v) is 4.74. The Bertz CT molecular complexity index is 1090. The molecule has 2 aromatic carbocycles. The molecule has 0 saturated carbocycles. The minimum atomic E-state index is -0.0784. The second-order valence-corrected chi connectivity index (χ2v) is 7.96. The van der Waals surface area contributed by atoms with Gasteiger partial charge in [0.25, 0.3) is 0 Å². The zero-order valence-electron chi connectivity index (χ0n) is 15.2. The van der Waals surface area contributed by atoms with Crippen molar-refractivity contribution in [1.29, 1.82) is 0 Å². The lowest BCUT2D eigenvalue weighted by molar-refractivity contribution is -0.116. The van der Waals surface area contributed by atoms with Crippen molar-refractivity contribution in [2.45, 2.75) is 30.2 Å². The average molecular weight is 372 g/mol. The van der Waals surface area contributed by atoms with Gasteiger partial charge in [-0.2, -0.15) is 0 Å². The summed E-state index contributed by atoms with van der Waals surface area (Å²) >= 11 is 1.73. The van der Waals surface area contributed by atoms with Crippen LogP contribution in [0.4, 0.5) is 5.69 Å². The third-order valence-electron chi connectivity index (χ3n) is 5.58. The van der Waals surface area contributed by atoms with Gasteiger partial charge in [0, 0.05) is 39.7 Å². The van der Waals surface area contributed by atoms with Crippen molar-refractivity contribution in [2.75, 3.05) is 11.6 Å². The molecule has 0 radical (unpaired) electrons. The van der Waals surface area contributed by atoms with Crippen molar-refractivity contribution in [2.24, 2.45) is 0 Å². The smallest absolute Gasteiger partial charge is 0.161 e. The van der Waals surface area contributed by atoms with Crippen molar-refractivity contribution in [3.63, 3.8) is 0 Å². The van der Waals surface area contributed by atoms with Crippen LogP contribution >= 0.6 is 11.8 Å². The Morgan fingerprint density at radius 2 is 1.93 bits per heavy atom. The highest BCUT2D eigenvalue weighted by atomic mass is 32.2. The normalized spacial score (nSPS) is 18.9. The van der Waals surface area contributed by atoms with Gasteiger partial charge in [-0.25, -0.2) is 0 Å². The second-order valence-electron chi connectivity index (χ2n) is 7.08. The predicted octanol–water partition coefficient (Wildman–Crippen LogP) is 5.63. The van der Waals surface area contributed by atoms with Crippen LogP contribution in [-0.2, 0) is 4.79 Å². The summed E-state index contributed by atoms with van der Waals surface area (Å²) in [6.07, 6.45) is 6.41. The molecule has 4 heteroatoms. The molecular formula is C23H20N2OS. The summed E-state index contributed by atoms with van der Waals surface area (Å²) in [7, 11) is 0. The van der Waals surface area contributed by atoms with Crippen molar-refractivity contribution in [3.8, 4) is 0 Å². The highest BCUT2D eigenvalue weighted by Gasteiger charge is 2.34. The van der Waals surface area contributed by atoms with E-state index in [4.69, 9.17) is 0 Å². The number of hydrogen-bond donors (Lipinski definition) is 1. The summed E-state index contributed by atoms with van der Waals surface area (Å²) in [5.41, 5.74) is 6.54. The SMILES string of the molecule is CSc1ccc([C@@H]2Nc3ccc4ncccc4c3C3=C2C(=O)CCC3)cc1. The van der Waals surface area contributed by atoms with E-state index < -0.39 is 0 Å². The summed E-state index contributed by atoms with van der Waals surface area (Å²) in [6.45, 7) is 0. The number of Topliss-reactive ketones (excluding diaryl/α,β-unsaturated/α-hetero) is 1. The van der Waals surface area contributed by atoms with Gasteiger partial charge in [0.1, 0.15) is 0 Å². The summed E-state index contributed by atoms with van der Waals surface area (Å²) in [5, 5.41) is 4.79. The molecule has 134 valence electrons. The number of anilines is 1. The zero-order valence-corrected chi connectivity index (χ0v) is 16.0. The molecule has 0 bridgehead atoms. The molecular weight excluding hydrogens is 352 g/mol. The molecule has 0 unspecified atom stereocenters. The molecule has 1 aromatic heterocycles. The average Bonchev–Trinajstić information content (AvgIpc) is 2.73. The Balaban J connectivity index is 1.73. The van der Waals surface area contributed by atoms with Gasteiger partial charge in [-0.05, 0) is 60.6 Å². The lowest BCUT2D eigenvalue weighted by atomic mass is 9.77. The number of carbonyl (C=O) groups excluding carboxylic acids is 1. The van der Waals surface area contributed by atoms with Crippen LogP contribution < -0.4 is 5.32 Å².